The van der Waals surface area contributed by atoms with Crippen LogP contribution in [0.1, 0.15) is 60.8 Å². The van der Waals surface area contributed by atoms with Crippen LogP contribution in [0.2, 0.25) is 0 Å². The van der Waals surface area contributed by atoms with Crippen molar-refractivity contribution >= 4 is 0 Å². The fourth-order valence-electron chi connectivity index (χ4n) is 2.53. The van der Waals surface area contributed by atoms with Gasteiger partial charge in [-0.15, -0.1) is 0 Å². The highest BCUT2D eigenvalue weighted by atomic mass is 16.3. The zero-order chi connectivity index (χ0) is 12.8. The van der Waals surface area contributed by atoms with Crippen LogP contribution in [0.5, 0.6) is 0 Å². The summed E-state index contributed by atoms with van der Waals surface area (Å²) in [7, 11) is 0. The molecule has 1 N–H and O–H groups in total. The molecule has 2 nitrogen and oxygen atoms in total. The summed E-state index contributed by atoms with van der Waals surface area (Å²) in [6, 6.07) is 0. The van der Waals surface area contributed by atoms with E-state index in [9.17, 15) is 5.11 Å². The van der Waals surface area contributed by atoms with Gasteiger partial charge in [0, 0.05) is 5.54 Å². The Morgan fingerprint density at radius 1 is 1.12 bits per heavy atom. The summed E-state index contributed by atoms with van der Waals surface area (Å²) in [4.78, 5) is 2.34. The van der Waals surface area contributed by atoms with E-state index in [1.54, 1.807) is 0 Å². The minimum atomic E-state index is -0.228. The number of aliphatic hydroxyl groups is 1. The van der Waals surface area contributed by atoms with Crippen molar-refractivity contribution in [1.29, 1.82) is 0 Å². The third-order valence-corrected chi connectivity index (χ3v) is 3.80. The van der Waals surface area contributed by atoms with Gasteiger partial charge < -0.3 is 5.11 Å². The van der Waals surface area contributed by atoms with Crippen LogP contribution in [0.15, 0.2) is 0 Å². The Hall–Kier alpha value is -0.0800. The highest BCUT2D eigenvalue weighted by molar-refractivity contribution is 4.88. The fraction of sp³-hybridized carbons (Fsp3) is 1.00. The molecule has 0 aromatic rings. The topological polar surface area (TPSA) is 23.5 Å². The van der Waals surface area contributed by atoms with E-state index < -0.39 is 0 Å². The average Bonchev–Trinajstić information content (AvgIpc) is 2.19. The standard InChI is InChI=1S/C14H31NO/c1-7-10-12(4)11-13(16)14(5,6)15(8-2)9-3/h12-13,16H,7-11H2,1-6H3. The van der Waals surface area contributed by atoms with E-state index in [2.05, 4.69) is 46.4 Å². The predicted octanol–water partition coefficient (Wildman–Crippen LogP) is 3.29. The van der Waals surface area contributed by atoms with Crippen molar-refractivity contribution in [2.45, 2.75) is 72.4 Å². The Kier molecular flexibility index (Phi) is 7.25. The third kappa shape index (κ3) is 4.42. The Balaban J connectivity index is 4.37. The molecule has 0 bridgehead atoms. The maximum Gasteiger partial charge on any atom is 0.0721 e. The van der Waals surface area contributed by atoms with Crippen molar-refractivity contribution < 1.29 is 5.11 Å². The highest BCUT2D eigenvalue weighted by Gasteiger charge is 2.33. The summed E-state index contributed by atoms with van der Waals surface area (Å²) in [5.74, 6) is 0.620. The van der Waals surface area contributed by atoms with Crippen molar-refractivity contribution in [1.82, 2.24) is 4.90 Å². The van der Waals surface area contributed by atoms with Crippen LogP contribution in [0.3, 0.4) is 0 Å². The van der Waals surface area contributed by atoms with Gasteiger partial charge in [-0.2, -0.15) is 0 Å². The van der Waals surface area contributed by atoms with E-state index in [-0.39, 0.29) is 11.6 Å². The highest BCUT2D eigenvalue weighted by Crippen LogP contribution is 2.25. The van der Waals surface area contributed by atoms with Gasteiger partial charge in [0.2, 0.25) is 0 Å². The summed E-state index contributed by atoms with van der Waals surface area (Å²) < 4.78 is 0. The molecule has 0 spiro atoms. The lowest BCUT2D eigenvalue weighted by molar-refractivity contribution is -0.0171. The number of hydrogen-bond donors (Lipinski definition) is 1. The Labute approximate surface area is 102 Å². The number of likely N-dealkylation sites (N-methyl/N-ethyl adjacent to an activating group) is 1. The minimum absolute atomic E-state index is 0.106. The lowest BCUT2D eigenvalue weighted by atomic mass is 9.86. The van der Waals surface area contributed by atoms with E-state index in [1.807, 2.05) is 0 Å². The van der Waals surface area contributed by atoms with Crippen LogP contribution in [-0.4, -0.2) is 34.7 Å². The van der Waals surface area contributed by atoms with Gasteiger partial charge in [-0.3, -0.25) is 4.90 Å². The Bertz CT molecular complexity index is 176. The second-order valence-corrected chi connectivity index (χ2v) is 5.47. The molecule has 16 heavy (non-hydrogen) atoms. The van der Waals surface area contributed by atoms with Gasteiger partial charge in [0.25, 0.3) is 0 Å². The van der Waals surface area contributed by atoms with E-state index in [0.717, 1.165) is 19.5 Å². The Morgan fingerprint density at radius 2 is 1.62 bits per heavy atom. The van der Waals surface area contributed by atoms with Crippen LogP contribution in [0, 0.1) is 5.92 Å². The van der Waals surface area contributed by atoms with E-state index in [0.29, 0.717) is 5.92 Å². The summed E-state index contributed by atoms with van der Waals surface area (Å²) in [6.45, 7) is 15.1. The smallest absolute Gasteiger partial charge is 0.0721 e. The number of hydrogen-bond acceptors (Lipinski definition) is 2. The van der Waals surface area contributed by atoms with Crippen molar-refractivity contribution in [2.75, 3.05) is 13.1 Å². The van der Waals surface area contributed by atoms with Gasteiger partial charge in [-0.05, 0) is 39.3 Å². The molecular formula is C14H31NO. The predicted molar refractivity (Wildman–Crippen MR) is 71.7 cm³/mol. The van der Waals surface area contributed by atoms with Gasteiger partial charge in [-0.25, -0.2) is 0 Å². The maximum atomic E-state index is 10.4. The maximum absolute atomic E-state index is 10.4. The molecular weight excluding hydrogens is 198 g/mol. The zero-order valence-electron chi connectivity index (χ0n) is 12.1. The van der Waals surface area contributed by atoms with Crippen molar-refractivity contribution in [3.8, 4) is 0 Å². The minimum Gasteiger partial charge on any atom is -0.391 e. The van der Waals surface area contributed by atoms with E-state index in [1.165, 1.54) is 12.8 Å². The van der Waals surface area contributed by atoms with Gasteiger partial charge in [-0.1, -0.05) is 40.5 Å². The molecule has 0 aliphatic rings. The summed E-state index contributed by atoms with van der Waals surface area (Å²) in [6.07, 6.45) is 3.11. The molecule has 2 atom stereocenters. The average molecular weight is 229 g/mol. The van der Waals surface area contributed by atoms with Gasteiger partial charge >= 0.3 is 0 Å². The molecule has 0 rings (SSSR count). The van der Waals surface area contributed by atoms with E-state index >= 15 is 0 Å². The molecule has 2 unspecified atom stereocenters. The van der Waals surface area contributed by atoms with Crippen LogP contribution in [-0.2, 0) is 0 Å². The quantitative estimate of drug-likeness (QED) is 0.690. The summed E-state index contributed by atoms with van der Waals surface area (Å²) in [5, 5.41) is 10.4. The molecule has 0 aromatic carbocycles. The van der Waals surface area contributed by atoms with Crippen LogP contribution in [0.4, 0.5) is 0 Å². The molecule has 0 radical (unpaired) electrons. The van der Waals surface area contributed by atoms with Gasteiger partial charge in [0.1, 0.15) is 0 Å². The van der Waals surface area contributed by atoms with Crippen molar-refractivity contribution in [3.63, 3.8) is 0 Å². The summed E-state index contributed by atoms with van der Waals surface area (Å²) in [5.41, 5.74) is -0.106. The largest absolute Gasteiger partial charge is 0.391 e. The van der Waals surface area contributed by atoms with Crippen molar-refractivity contribution in [3.05, 3.63) is 0 Å². The molecule has 0 fully saturated rings. The number of aliphatic hydroxyl groups excluding tert-OH is 1. The molecule has 0 saturated carbocycles. The second kappa shape index (κ2) is 7.29. The molecule has 0 aliphatic heterocycles. The first-order chi connectivity index (χ1) is 7.39. The number of rotatable bonds is 8. The molecule has 2 heteroatoms. The summed E-state index contributed by atoms with van der Waals surface area (Å²) >= 11 is 0. The molecule has 0 saturated heterocycles. The first kappa shape index (κ1) is 15.9. The molecule has 0 amide bonds. The molecule has 0 aromatic heterocycles. The molecule has 0 heterocycles. The number of nitrogens with zero attached hydrogens (tertiary/aromatic N) is 1. The van der Waals surface area contributed by atoms with Gasteiger partial charge in [0.15, 0.2) is 0 Å². The van der Waals surface area contributed by atoms with Gasteiger partial charge in [0.05, 0.1) is 6.10 Å². The lowest BCUT2D eigenvalue weighted by Crippen LogP contribution is -2.52. The van der Waals surface area contributed by atoms with Crippen LogP contribution >= 0.6 is 0 Å². The third-order valence-electron chi connectivity index (χ3n) is 3.80. The lowest BCUT2D eigenvalue weighted by Gasteiger charge is -2.41. The van der Waals surface area contributed by atoms with Crippen LogP contribution < -0.4 is 0 Å². The first-order valence-corrected chi connectivity index (χ1v) is 6.83. The second-order valence-electron chi connectivity index (χ2n) is 5.47. The normalized spacial score (nSPS) is 16.5. The molecule has 0 aliphatic carbocycles. The van der Waals surface area contributed by atoms with Crippen LogP contribution in [0.25, 0.3) is 0 Å². The fourth-order valence-corrected chi connectivity index (χ4v) is 2.53. The first-order valence-electron chi connectivity index (χ1n) is 6.83. The Morgan fingerprint density at radius 3 is 2.00 bits per heavy atom. The zero-order valence-corrected chi connectivity index (χ0v) is 12.1. The monoisotopic (exact) mass is 229 g/mol. The SMILES string of the molecule is CCCC(C)CC(O)C(C)(C)N(CC)CC. The van der Waals surface area contributed by atoms with Crippen molar-refractivity contribution in [2.24, 2.45) is 5.92 Å². The molecule has 98 valence electrons. The van der Waals surface area contributed by atoms with E-state index in [4.69, 9.17) is 0 Å².